The number of hydrogen-bond acceptors (Lipinski definition) is 3. The van der Waals surface area contributed by atoms with E-state index in [2.05, 4.69) is 0 Å². The summed E-state index contributed by atoms with van der Waals surface area (Å²) in [6, 6.07) is 18.4. The maximum atomic E-state index is 12.1. The highest BCUT2D eigenvalue weighted by atomic mass is 32.2. The van der Waals surface area contributed by atoms with Crippen molar-refractivity contribution in [1.82, 2.24) is 0 Å². The van der Waals surface area contributed by atoms with Gasteiger partial charge in [0.2, 0.25) is 0 Å². The van der Waals surface area contributed by atoms with E-state index in [1.165, 1.54) is 13.0 Å². The van der Waals surface area contributed by atoms with E-state index >= 15 is 0 Å². The van der Waals surface area contributed by atoms with Gasteiger partial charge in [-0.25, -0.2) is 8.42 Å². The van der Waals surface area contributed by atoms with Crippen molar-refractivity contribution < 1.29 is 8.42 Å². The molecular formula is C16H15NO2S. The number of hydrogen-bond donors (Lipinski definition) is 0. The number of sulfone groups is 1. The normalized spacial score (nSPS) is 12.6. The van der Waals surface area contributed by atoms with Gasteiger partial charge in [-0.05, 0) is 36.6 Å². The van der Waals surface area contributed by atoms with Crippen molar-refractivity contribution in [2.75, 3.05) is 0 Å². The third-order valence-electron chi connectivity index (χ3n) is 3.13. The van der Waals surface area contributed by atoms with Gasteiger partial charge in [-0.2, -0.15) is 5.26 Å². The van der Waals surface area contributed by atoms with E-state index in [0.29, 0.717) is 6.42 Å². The van der Waals surface area contributed by atoms with Crippen LogP contribution in [0.1, 0.15) is 18.1 Å². The lowest BCUT2D eigenvalue weighted by atomic mass is 10.1. The Hall–Kier alpha value is -2.12. The quantitative estimate of drug-likeness (QED) is 0.867. The summed E-state index contributed by atoms with van der Waals surface area (Å²) in [4.78, 5) is 0.208. The molecule has 0 aliphatic rings. The Morgan fingerprint density at radius 2 is 1.70 bits per heavy atom. The average Bonchev–Trinajstić information content (AvgIpc) is 2.47. The Labute approximate surface area is 119 Å². The lowest BCUT2D eigenvalue weighted by Crippen LogP contribution is -2.15. The molecule has 0 aliphatic carbocycles. The number of nitriles is 1. The molecule has 0 fully saturated rings. The van der Waals surface area contributed by atoms with Crippen molar-refractivity contribution in [1.29, 1.82) is 5.26 Å². The van der Waals surface area contributed by atoms with E-state index in [-0.39, 0.29) is 4.90 Å². The zero-order valence-electron chi connectivity index (χ0n) is 11.2. The highest BCUT2D eigenvalue weighted by molar-refractivity contribution is 7.92. The minimum absolute atomic E-state index is 0.208. The van der Waals surface area contributed by atoms with Gasteiger partial charge in [-0.3, -0.25) is 0 Å². The van der Waals surface area contributed by atoms with Crippen LogP contribution < -0.4 is 0 Å². The van der Waals surface area contributed by atoms with Crippen LogP contribution in [0.5, 0.6) is 0 Å². The molecule has 0 aromatic heterocycles. The third-order valence-corrected chi connectivity index (χ3v) is 5.07. The SMILES string of the molecule is CC(C#N)S(=O)(=O)c1cccc(Cc2ccccc2)c1. The van der Waals surface area contributed by atoms with Crippen molar-refractivity contribution in [2.45, 2.75) is 23.5 Å². The Bertz CT molecular complexity index is 731. The lowest BCUT2D eigenvalue weighted by Gasteiger charge is -2.08. The van der Waals surface area contributed by atoms with Crippen molar-refractivity contribution in [3.63, 3.8) is 0 Å². The molecule has 20 heavy (non-hydrogen) atoms. The van der Waals surface area contributed by atoms with Crippen molar-refractivity contribution in [2.24, 2.45) is 0 Å². The average molecular weight is 285 g/mol. The van der Waals surface area contributed by atoms with E-state index in [0.717, 1.165) is 11.1 Å². The second-order valence-electron chi connectivity index (χ2n) is 4.63. The topological polar surface area (TPSA) is 57.9 Å². The lowest BCUT2D eigenvalue weighted by molar-refractivity contribution is 0.592. The van der Waals surface area contributed by atoms with Crippen LogP contribution in [0.25, 0.3) is 0 Å². The molecular weight excluding hydrogens is 270 g/mol. The standard InChI is InChI=1S/C16H15NO2S/c1-13(12-17)20(18,19)16-9-5-8-15(11-16)10-14-6-3-2-4-7-14/h2-9,11,13H,10H2,1H3. The van der Waals surface area contributed by atoms with Crippen LogP contribution in [0.2, 0.25) is 0 Å². The van der Waals surface area contributed by atoms with E-state index in [1.54, 1.807) is 18.2 Å². The summed E-state index contributed by atoms with van der Waals surface area (Å²) in [6.07, 6.45) is 0.672. The van der Waals surface area contributed by atoms with Crippen molar-refractivity contribution in [3.05, 3.63) is 65.7 Å². The Kier molecular flexibility index (Phi) is 4.21. The molecule has 0 N–H and O–H groups in total. The molecule has 1 unspecified atom stereocenters. The molecule has 2 aromatic rings. The summed E-state index contributed by atoms with van der Waals surface area (Å²) in [6.45, 7) is 1.40. The summed E-state index contributed by atoms with van der Waals surface area (Å²) >= 11 is 0. The van der Waals surface area contributed by atoms with Crippen LogP contribution in [0.4, 0.5) is 0 Å². The fraction of sp³-hybridized carbons (Fsp3) is 0.188. The smallest absolute Gasteiger partial charge is 0.194 e. The zero-order chi connectivity index (χ0) is 14.6. The van der Waals surface area contributed by atoms with Crippen LogP contribution in [0, 0.1) is 11.3 Å². The second-order valence-corrected chi connectivity index (χ2v) is 6.89. The van der Waals surface area contributed by atoms with Gasteiger partial charge < -0.3 is 0 Å². The number of nitrogens with zero attached hydrogens (tertiary/aromatic N) is 1. The molecule has 0 bridgehead atoms. The first-order valence-electron chi connectivity index (χ1n) is 6.30. The maximum absolute atomic E-state index is 12.1. The summed E-state index contributed by atoms with van der Waals surface area (Å²) in [5, 5.41) is 7.77. The minimum atomic E-state index is -3.56. The summed E-state index contributed by atoms with van der Waals surface area (Å²) in [5.41, 5.74) is 2.04. The molecule has 1 atom stereocenters. The van der Waals surface area contributed by atoms with Crippen LogP contribution in [0.3, 0.4) is 0 Å². The van der Waals surface area contributed by atoms with E-state index < -0.39 is 15.1 Å². The van der Waals surface area contributed by atoms with Crippen LogP contribution in [-0.2, 0) is 16.3 Å². The molecule has 0 radical (unpaired) electrons. The van der Waals surface area contributed by atoms with Gasteiger partial charge in [0.25, 0.3) is 0 Å². The van der Waals surface area contributed by atoms with Gasteiger partial charge in [0.05, 0.1) is 11.0 Å². The Balaban J connectivity index is 2.32. The van der Waals surface area contributed by atoms with Gasteiger partial charge in [0.15, 0.2) is 9.84 Å². The maximum Gasteiger partial charge on any atom is 0.194 e. The zero-order valence-corrected chi connectivity index (χ0v) is 12.0. The third kappa shape index (κ3) is 3.06. The molecule has 0 saturated heterocycles. The Morgan fingerprint density at radius 3 is 2.35 bits per heavy atom. The summed E-state index contributed by atoms with van der Waals surface area (Å²) in [7, 11) is -3.56. The van der Waals surface area contributed by atoms with Gasteiger partial charge in [0, 0.05) is 0 Å². The molecule has 102 valence electrons. The Morgan fingerprint density at radius 1 is 1.05 bits per heavy atom. The molecule has 3 nitrogen and oxygen atoms in total. The van der Waals surface area contributed by atoms with Crippen molar-refractivity contribution in [3.8, 4) is 6.07 Å². The fourth-order valence-electron chi connectivity index (χ4n) is 1.94. The molecule has 4 heteroatoms. The van der Waals surface area contributed by atoms with Crippen LogP contribution in [-0.4, -0.2) is 13.7 Å². The first-order chi connectivity index (χ1) is 9.54. The highest BCUT2D eigenvalue weighted by Crippen LogP contribution is 2.19. The van der Waals surface area contributed by atoms with Crippen LogP contribution in [0.15, 0.2) is 59.5 Å². The highest BCUT2D eigenvalue weighted by Gasteiger charge is 2.22. The van der Waals surface area contributed by atoms with E-state index in [9.17, 15) is 8.42 Å². The second kappa shape index (κ2) is 5.89. The first kappa shape index (κ1) is 14.3. The van der Waals surface area contributed by atoms with Gasteiger partial charge in [-0.1, -0.05) is 42.5 Å². The largest absolute Gasteiger partial charge is 0.222 e. The minimum Gasteiger partial charge on any atom is -0.222 e. The first-order valence-corrected chi connectivity index (χ1v) is 7.85. The number of benzene rings is 2. The van der Waals surface area contributed by atoms with Crippen molar-refractivity contribution >= 4 is 9.84 Å². The monoisotopic (exact) mass is 285 g/mol. The molecule has 0 amide bonds. The molecule has 0 spiro atoms. The molecule has 0 heterocycles. The fourth-order valence-corrected chi connectivity index (χ4v) is 3.07. The van der Waals surface area contributed by atoms with Gasteiger partial charge in [0.1, 0.15) is 5.25 Å². The van der Waals surface area contributed by atoms with Gasteiger partial charge >= 0.3 is 0 Å². The predicted molar refractivity (Wildman–Crippen MR) is 78.0 cm³/mol. The molecule has 0 saturated carbocycles. The predicted octanol–water partition coefficient (Wildman–Crippen LogP) is 2.96. The van der Waals surface area contributed by atoms with Gasteiger partial charge in [-0.15, -0.1) is 0 Å². The van der Waals surface area contributed by atoms with Crippen LogP contribution >= 0.6 is 0 Å². The molecule has 2 rings (SSSR count). The summed E-state index contributed by atoms with van der Waals surface area (Å²) < 4.78 is 24.3. The summed E-state index contributed by atoms with van der Waals surface area (Å²) in [5.74, 6) is 0. The van der Waals surface area contributed by atoms with E-state index in [1.807, 2.05) is 36.4 Å². The number of rotatable bonds is 4. The van der Waals surface area contributed by atoms with E-state index in [4.69, 9.17) is 5.26 Å². The molecule has 0 aliphatic heterocycles. The molecule has 2 aromatic carbocycles.